The molecule has 210 valence electrons. The Hall–Kier alpha value is -2.04. The number of nitrogens with one attached hydrogen (secondary N) is 1. The van der Waals surface area contributed by atoms with Crippen LogP contribution in [0, 0.1) is 17.7 Å². The number of carbonyl (C=O) groups is 1. The molecule has 1 aliphatic rings. The van der Waals surface area contributed by atoms with E-state index in [4.69, 9.17) is 16.3 Å². The van der Waals surface area contributed by atoms with E-state index < -0.39 is 10.0 Å². The number of likely N-dealkylation sites (N-methyl/N-ethyl adjacent to an activating group) is 1. The van der Waals surface area contributed by atoms with Gasteiger partial charge in [0.05, 0.1) is 11.5 Å². The summed E-state index contributed by atoms with van der Waals surface area (Å²) in [6.45, 7) is 0.716. The summed E-state index contributed by atoms with van der Waals surface area (Å²) >= 11 is 5.83. The van der Waals surface area contributed by atoms with Crippen LogP contribution in [0.1, 0.15) is 43.7 Å². The predicted octanol–water partition coefficient (Wildman–Crippen LogP) is 4.73. The Morgan fingerprint density at radius 1 is 1.11 bits per heavy atom. The SMILES string of the molecule is CN(C)C(c1cccc(F)c1)C1CCC(CCNC(=O)COCCN(C)S(=O)(=O)c2ccc(Cl)cc2)CC1. The molecule has 3 rings (SSSR count). The first-order chi connectivity index (χ1) is 18.1. The van der Waals surface area contributed by atoms with Crippen LogP contribution in [0.2, 0.25) is 5.02 Å². The second-order valence-electron chi connectivity index (χ2n) is 10.2. The van der Waals surface area contributed by atoms with Crippen LogP contribution in [0.4, 0.5) is 4.39 Å². The molecule has 7 nitrogen and oxygen atoms in total. The van der Waals surface area contributed by atoms with E-state index in [1.807, 2.05) is 6.07 Å². The maximum Gasteiger partial charge on any atom is 0.245 e. The van der Waals surface area contributed by atoms with Gasteiger partial charge in [0.1, 0.15) is 12.4 Å². The lowest BCUT2D eigenvalue weighted by atomic mass is 9.75. The Bertz CT molecular complexity index is 1140. The average Bonchev–Trinajstić information content (AvgIpc) is 2.87. The summed E-state index contributed by atoms with van der Waals surface area (Å²) in [4.78, 5) is 14.5. The van der Waals surface area contributed by atoms with Crippen LogP contribution >= 0.6 is 11.6 Å². The van der Waals surface area contributed by atoms with Crippen LogP contribution in [0.3, 0.4) is 0 Å². The minimum atomic E-state index is -3.64. The van der Waals surface area contributed by atoms with Crippen molar-refractivity contribution in [3.63, 3.8) is 0 Å². The molecule has 1 saturated carbocycles. The number of sulfonamides is 1. The van der Waals surface area contributed by atoms with E-state index in [1.54, 1.807) is 12.1 Å². The fourth-order valence-electron chi connectivity index (χ4n) is 5.21. The summed E-state index contributed by atoms with van der Waals surface area (Å²) in [5.74, 6) is 0.626. The molecule has 1 fully saturated rings. The predicted molar refractivity (Wildman–Crippen MR) is 148 cm³/mol. The summed E-state index contributed by atoms with van der Waals surface area (Å²) < 4.78 is 45.5. The number of hydrogen-bond donors (Lipinski definition) is 1. The molecule has 0 heterocycles. The molecule has 38 heavy (non-hydrogen) atoms. The highest BCUT2D eigenvalue weighted by atomic mass is 35.5. The van der Waals surface area contributed by atoms with Crippen LogP contribution in [0.5, 0.6) is 0 Å². The number of amides is 1. The van der Waals surface area contributed by atoms with Crippen molar-refractivity contribution in [1.82, 2.24) is 14.5 Å². The largest absolute Gasteiger partial charge is 0.370 e. The topological polar surface area (TPSA) is 79.0 Å². The average molecular weight is 568 g/mol. The zero-order valence-corrected chi connectivity index (χ0v) is 24.0. The number of benzene rings is 2. The molecule has 10 heteroatoms. The third-order valence-corrected chi connectivity index (χ3v) is 9.39. The molecule has 1 amide bonds. The third kappa shape index (κ3) is 8.74. The van der Waals surface area contributed by atoms with Gasteiger partial charge in [-0.1, -0.05) is 36.6 Å². The van der Waals surface area contributed by atoms with Crippen molar-refractivity contribution in [3.05, 3.63) is 64.9 Å². The molecular formula is C28H39ClFN3O4S. The molecule has 1 unspecified atom stereocenters. The molecule has 2 aromatic rings. The van der Waals surface area contributed by atoms with Crippen molar-refractivity contribution in [2.75, 3.05) is 47.4 Å². The fraction of sp³-hybridized carbons (Fsp3) is 0.536. The van der Waals surface area contributed by atoms with Crippen molar-refractivity contribution < 1.29 is 22.3 Å². The molecule has 0 spiro atoms. The molecule has 0 aliphatic heterocycles. The van der Waals surface area contributed by atoms with E-state index >= 15 is 0 Å². The Morgan fingerprint density at radius 3 is 2.42 bits per heavy atom. The first-order valence-corrected chi connectivity index (χ1v) is 14.9. The summed E-state index contributed by atoms with van der Waals surface area (Å²) in [6, 6.07) is 13.1. The Morgan fingerprint density at radius 2 is 1.79 bits per heavy atom. The fourth-order valence-corrected chi connectivity index (χ4v) is 6.49. The van der Waals surface area contributed by atoms with Crippen molar-refractivity contribution in [2.24, 2.45) is 11.8 Å². The molecule has 0 saturated heterocycles. The molecule has 1 aliphatic carbocycles. The van der Waals surface area contributed by atoms with Crippen LogP contribution in [0.15, 0.2) is 53.4 Å². The van der Waals surface area contributed by atoms with Gasteiger partial charge in [0, 0.05) is 31.2 Å². The first kappa shape index (κ1) is 30.5. The van der Waals surface area contributed by atoms with Crippen molar-refractivity contribution >= 4 is 27.5 Å². The van der Waals surface area contributed by atoms with Gasteiger partial charge in [-0.15, -0.1) is 0 Å². The van der Waals surface area contributed by atoms with Crippen molar-refractivity contribution in [1.29, 1.82) is 0 Å². The van der Waals surface area contributed by atoms with E-state index in [0.29, 0.717) is 23.4 Å². The standard InChI is InChI=1S/C28H39ClFN3O4S/c1-32(2)28(23-5-4-6-25(30)19-23)22-9-7-21(8-10-22)15-16-31-27(34)20-37-18-17-33(3)38(35,36)26-13-11-24(29)12-14-26/h4-6,11-14,19,21-22,28H,7-10,15-18,20H2,1-3H3,(H,31,34). The first-order valence-electron chi connectivity index (χ1n) is 13.1. The second-order valence-corrected chi connectivity index (χ2v) is 12.7. The van der Waals surface area contributed by atoms with Gasteiger partial charge >= 0.3 is 0 Å². The Labute approximate surface area is 231 Å². The van der Waals surface area contributed by atoms with Gasteiger partial charge in [0.25, 0.3) is 0 Å². The molecule has 1 atom stereocenters. The van der Waals surface area contributed by atoms with Gasteiger partial charge in [-0.3, -0.25) is 4.79 Å². The molecule has 0 aromatic heterocycles. The second kappa shape index (κ2) is 14.4. The number of ether oxygens (including phenoxy) is 1. The highest BCUT2D eigenvalue weighted by molar-refractivity contribution is 7.89. The third-order valence-electron chi connectivity index (χ3n) is 7.26. The summed E-state index contributed by atoms with van der Waals surface area (Å²) in [5, 5.41) is 3.37. The lowest BCUT2D eigenvalue weighted by Crippen LogP contribution is -2.34. The molecule has 1 N–H and O–H groups in total. The number of carbonyl (C=O) groups excluding carboxylic acids is 1. The molecular weight excluding hydrogens is 529 g/mol. The van der Waals surface area contributed by atoms with Gasteiger partial charge in [-0.2, -0.15) is 4.31 Å². The normalized spacial score (nSPS) is 19.0. The van der Waals surface area contributed by atoms with Crippen LogP contribution in [0.25, 0.3) is 0 Å². The van der Waals surface area contributed by atoms with E-state index in [0.717, 1.165) is 37.7 Å². The van der Waals surface area contributed by atoms with Gasteiger partial charge < -0.3 is 15.0 Å². The molecule has 0 radical (unpaired) electrons. The zero-order valence-electron chi connectivity index (χ0n) is 22.4. The van der Waals surface area contributed by atoms with E-state index in [-0.39, 0.29) is 42.4 Å². The lowest BCUT2D eigenvalue weighted by Gasteiger charge is -2.37. The van der Waals surface area contributed by atoms with Crippen LogP contribution < -0.4 is 5.32 Å². The summed E-state index contributed by atoms with van der Waals surface area (Å²) in [6.07, 6.45) is 5.24. The van der Waals surface area contributed by atoms with Crippen molar-refractivity contribution in [2.45, 2.75) is 43.0 Å². The Balaban J connectivity index is 1.32. The smallest absolute Gasteiger partial charge is 0.245 e. The van der Waals surface area contributed by atoms with E-state index in [2.05, 4.69) is 24.3 Å². The van der Waals surface area contributed by atoms with Crippen LogP contribution in [-0.4, -0.2) is 71.0 Å². The molecule has 2 aromatic carbocycles. The summed E-state index contributed by atoms with van der Waals surface area (Å²) in [7, 11) is 1.94. The van der Waals surface area contributed by atoms with Gasteiger partial charge in [-0.05, 0) is 87.2 Å². The monoisotopic (exact) mass is 567 g/mol. The number of rotatable bonds is 13. The van der Waals surface area contributed by atoms with Gasteiger partial charge in [0.2, 0.25) is 15.9 Å². The Kier molecular flexibility index (Phi) is 11.5. The molecule has 0 bridgehead atoms. The highest BCUT2D eigenvalue weighted by Crippen LogP contribution is 2.40. The van der Waals surface area contributed by atoms with Crippen LogP contribution in [-0.2, 0) is 19.6 Å². The zero-order chi connectivity index (χ0) is 27.7. The maximum absolute atomic E-state index is 13.8. The van der Waals surface area contributed by atoms with E-state index in [9.17, 15) is 17.6 Å². The number of nitrogens with zero attached hydrogens (tertiary/aromatic N) is 2. The van der Waals surface area contributed by atoms with E-state index in [1.165, 1.54) is 41.7 Å². The minimum Gasteiger partial charge on any atom is -0.370 e. The van der Waals surface area contributed by atoms with Gasteiger partial charge in [-0.25, -0.2) is 12.8 Å². The number of halogens is 2. The van der Waals surface area contributed by atoms with Crippen molar-refractivity contribution in [3.8, 4) is 0 Å². The highest BCUT2D eigenvalue weighted by Gasteiger charge is 2.30. The quantitative estimate of drug-likeness (QED) is 0.354. The lowest BCUT2D eigenvalue weighted by molar-refractivity contribution is -0.125. The minimum absolute atomic E-state index is 0.110. The maximum atomic E-state index is 13.8. The van der Waals surface area contributed by atoms with Gasteiger partial charge in [0.15, 0.2) is 0 Å². The number of hydrogen-bond acceptors (Lipinski definition) is 5. The summed E-state index contributed by atoms with van der Waals surface area (Å²) in [5.41, 5.74) is 1.03.